The molecule has 1 heteroatoms. The molecule has 19 heavy (non-hydrogen) atoms. The van der Waals surface area contributed by atoms with Gasteiger partial charge < -0.3 is 5.32 Å². The van der Waals surface area contributed by atoms with Gasteiger partial charge in [-0.25, -0.2) is 0 Å². The van der Waals surface area contributed by atoms with Crippen molar-refractivity contribution >= 4 is 0 Å². The maximum absolute atomic E-state index is 3.67. The van der Waals surface area contributed by atoms with Crippen LogP contribution < -0.4 is 5.32 Å². The summed E-state index contributed by atoms with van der Waals surface area (Å²) in [5.74, 6) is 1.64. The highest BCUT2D eigenvalue weighted by Gasteiger charge is 2.55. The van der Waals surface area contributed by atoms with Gasteiger partial charge in [-0.1, -0.05) is 44.5 Å². The zero-order valence-corrected chi connectivity index (χ0v) is 12.4. The molecule has 2 aliphatic carbocycles. The van der Waals surface area contributed by atoms with E-state index in [4.69, 9.17) is 0 Å². The molecule has 1 aromatic carbocycles. The van der Waals surface area contributed by atoms with Gasteiger partial charge in [-0.15, -0.1) is 0 Å². The van der Waals surface area contributed by atoms with Crippen molar-refractivity contribution in [2.45, 2.75) is 51.4 Å². The molecule has 1 saturated carbocycles. The van der Waals surface area contributed by atoms with Crippen LogP contribution >= 0.6 is 0 Å². The average molecular weight is 257 g/mol. The summed E-state index contributed by atoms with van der Waals surface area (Å²) < 4.78 is 0. The Morgan fingerprint density at radius 1 is 1.26 bits per heavy atom. The molecule has 1 aromatic rings. The van der Waals surface area contributed by atoms with Gasteiger partial charge in [0.15, 0.2) is 0 Å². The molecular formula is C18H27N. The topological polar surface area (TPSA) is 12.0 Å². The molecule has 0 radical (unpaired) electrons. The summed E-state index contributed by atoms with van der Waals surface area (Å²) in [6.45, 7) is 6.95. The van der Waals surface area contributed by atoms with Crippen LogP contribution in [0.1, 0.15) is 50.7 Å². The zero-order chi connectivity index (χ0) is 13.3. The van der Waals surface area contributed by atoms with E-state index in [2.05, 4.69) is 43.4 Å². The molecule has 3 rings (SSSR count). The lowest BCUT2D eigenvalue weighted by Gasteiger charge is -2.19. The van der Waals surface area contributed by atoms with Crippen LogP contribution in [0, 0.1) is 11.8 Å². The molecule has 0 amide bonds. The van der Waals surface area contributed by atoms with Crippen molar-refractivity contribution < 1.29 is 0 Å². The van der Waals surface area contributed by atoms with E-state index >= 15 is 0 Å². The van der Waals surface area contributed by atoms with Gasteiger partial charge >= 0.3 is 0 Å². The van der Waals surface area contributed by atoms with Crippen LogP contribution in [-0.2, 0) is 11.8 Å². The summed E-state index contributed by atoms with van der Waals surface area (Å²) >= 11 is 0. The molecular weight excluding hydrogens is 230 g/mol. The first-order valence-electron chi connectivity index (χ1n) is 8.01. The van der Waals surface area contributed by atoms with Crippen molar-refractivity contribution in [3.05, 3.63) is 35.4 Å². The summed E-state index contributed by atoms with van der Waals surface area (Å²) in [4.78, 5) is 0. The van der Waals surface area contributed by atoms with Crippen LogP contribution in [0.4, 0.5) is 0 Å². The maximum atomic E-state index is 3.67. The van der Waals surface area contributed by atoms with Crippen LogP contribution in [0.25, 0.3) is 0 Å². The SMILES string of the molecule is CC(C)CNCC1CC12CCCCc1ccccc12. The zero-order valence-electron chi connectivity index (χ0n) is 12.4. The summed E-state index contributed by atoms with van der Waals surface area (Å²) in [5.41, 5.74) is 3.85. The lowest BCUT2D eigenvalue weighted by Crippen LogP contribution is -2.25. The molecule has 2 aliphatic rings. The molecule has 2 unspecified atom stereocenters. The highest BCUT2D eigenvalue weighted by molar-refractivity contribution is 5.41. The quantitative estimate of drug-likeness (QED) is 0.862. The third-order valence-electron chi connectivity index (χ3n) is 5.05. The van der Waals surface area contributed by atoms with Gasteiger partial charge in [0.05, 0.1) is 0 Å². The number of benzene rings is 1. The summed E-state index contributed by atoms with van der Waals surface area (Å²) in [6.07, 6.45) is 6.91. The fraction of sp³-hybridized carbons (Fsp3) is 0.667. The fourth-order valence-electron chi connectivity index (χ4n) is 3.95. The number of hydrogen-bond donors (Lipinski definition) is 1. The Morgan fingerprint density at radius 2 is 2.11 bits per heavy atom. The molecule has 104 valence electrons. The fourth-order valence-corrected chi connectivity index (χ4v) is 3.95. The molecule has 2 atom stereocenters. The molecule has 1 spiro atoms. The number of hydrogen-bond acceptors (Lipinski definition) is 1. The molecule has 0 heterocycles. The first kappa shape index (κ1) is 13.2. The molecule has 0 bridgehead atoms. The lowest BCUT2D eigenvalue weighted by atomic mass is 9.87. The van der Waals surface area contributed by atoms with Crippen LogP contribution in [0.5, 0.6) is 0 Å². The van der Waals surface area contributed by atoms with E-state index in [1.54, 1.807) is 11.1 Å². The third-order valence-corrected chi connectivity index (χ3v) is 5.05. The Balaban J connectivity index is 1.71. The smallest absolute Gasteiger partial charge is 0.0000199 e. The minimum Gasteiger partial charge on any atom is -0.316 e. The largest absolute Gasteiger partial charge is 0.316 e. The summed E-state index contributed by atoms with van der Waals surface area (Å²) in [7, 11) is 0. The van der Waals surface area contributed by atoms with Gasteiger partial charge in [0, 0.05) is 0 Å². The molecule has 1 fully saturated rings. The third kappa shape index (κ3) is 2.58. The lowest BCUT2D eigenvalue weighted by molar-refractivity contribution is 0.485. The number of aryl methyl sites for hydroxylation is 1. The molecule has 0 aliphatic heterocycles. The predicted octanol–water partition coefficient (Wildman–Crippen LogP) is 3.92. The molecule has 0 aromatic heterocycles. The number of rotatable bonds is 4. The second-order valence-corrected chi connectivity index (χ2v) is 6.97. The molecule has 1 N–H and O–H groups in total. The Morgan fingerprint density at radius 3 is 2.95 bits per heavy atom. The van der Waals surface area contributed by atoms with Gasteiger partial charge in [-0.05, 0) is 67.2 Å². The Hall–Kier alpha value is -0.820. The van der Waals surface area contributed by atoms with Crippen molar-refractivity contribution in [2.75, 3.05) is 13.1 Å². The van der Waals surface area contributed by atoms with Crippen molar-refractivity contribution in [1.82, 2.24) is 5.32 Å². The monoisotopic (exact) mass is 257 g/mol. The van der Waals surface area contributed by atoms with Crippen molar-refractivity contribution in [1.29, 1.82) is 0 Å². The minimum atomic E-state index is 0.539. The standard InChI is InChI=1S/C18H27N/c1-14(2)12-19-13-16-11-18(16)10-6-5-8-15-7-3-4-9-17(15)18/h3-4,7,9,14,16,19H,5-6,8,10-13H2,1-2H3. The van der Waals surface area contributed by atoms with Crippen LogP contribution in [0.15, 0.2) is 24.3 Å². The molecule has 0 saturated heterocycles. The van der Waals surface area contributed by atoms with E-state index in [0.717, 1.165) is 18.4 Å². The first-order valence-corrected chi connectivity index (χ1v) is 8.01. The van der Waals surface area contributed by atoms with E-state index in [-0.39, 0.29) is 0 Å². The Bertz CT molecular complexity index is 437. The number of fused-ring (bicyclic) bond motifs is 2. The van der Waals surface area contributed by atoms with E-state index in [0.29, 0.717) is 5.41 Å². The second-order valence-electron chi connectivity index (χ2n) is 6.97. The van der Waals surface area contributed by atoms with E-state index in [9.17, 15) is 0 Å². The second kappa shape index (κ2) is 5.28. The highest BCUT2D eigenvalue weighted by atomic mass is 14.9. The Kier molecular flexibility index (Phi) is 3.66. The van der Waals surface area contributed by atoms with E-state index in [1.165, 1.54) is 38.6 Å². The minimum absolute atomic E-state index is 0.539. The van der Waals surface area contributed by atoms with Gasteiger partial charge in [0.1, 0.15) is 0 Å². The Labute approximate surface area is 117 Å². The first-order chi connectivity index (χ1) is 9.22. The van der Waals surface area contributed by atoms with Crippen LogP contribution in [-0.4, -0.2) is 13.1 Å². The summed E-state index contributed by atoms with van der Waals surface area (Å²) in [5, 5.41) is 3.67. The van der Waals surface area contributed by atoms with Gasteiger partial charge in [0.25, 0.3) is 0 Å². The van der Waals surface area contributed by atoms with Crippen molar-refractivity contribution in [3.8, 4) is 0 Å². The average Bonchev–Trinajstić information content (AvgIpc) is 3.13. The van der Waals surface area contributed by atoms with Crippen LogP contribution in [0.3, 0.4) is 0 Å². The van der Waals surface area contributed by atoms with Gasteiger partial charge in [0.2, 0.25) is 0 Å². The van der Waals surface area contributed by atoms with Gasteiger partial charge in [-0.3, -0.25) is 0 Å². The van der Waals surface area contributed by atoms with Crippen LogP contribution in [0.2, 0.25) is 0 Å². The van der Waals surface area contributed by atoms with E-state index in [1.807, 2.05) is 0 Å². The normalized spacial score (nSPS) is 29.3. The molecule has 1 nitrogen and oxygen atoms in total. The van der Waals surface area contributed by atoms with Crippen molar-refractivity contribution in [3.63, 3.8) is 0 Å². The predicted molar refractivity (Wildman–Crippen MR) is 81.5 cm³/mol. The summed E-state index contributed by atoms with van der Waals surface area (Å²) in [6, 6.07) is 9.22. The number of nitrogens with one attached hydrogen (secondary N) is 1. The highest BCUT2D eigenvalue weighted by Crippen LogP contribution is 2.59. The van der Waals surface area contributed by atoms with E-state index < -0.39 is 0 Å². The maximum Gasteiger partial charge on any atom is -0.0000199 e. The van der Waals surface area contributed by atoms with Gasteiger partial charge in [-0.2, -0.15) is 0 Å². The van der Waals surface area contributed by atoms with Crippen molar-refractivity contribution in [2.24, 2.45) is 11.8 Å².